The van der Waals surface area contributed by atoms with Gasteiger partial charge in [-0.3, -0.25) is 0 Å². The zero-order valence-electron chi connectivity index (χ0n) is 10.4. The highest BCUT2D eigenvalue weighted by Crippen LogP contribution is 2.36. The molecule has 1 aromatic rings. The van der Waals surface area contributed by atoms with Gasteiger partial charge in [-0.25, -0.2) is 0 Å². The summed E-state index contributed by atoms with van der Waals surface area (Å²) in [6, 6.07) is 3.68. The van der Waals surface area contributed by atoms with Crippen LogP contribution in [0.25, 0.3) is 0 Å². The number of unbranched alkanes of at least 4 members (excludes halogenated alkanes) is 2. The number of aliphatic hydroxyl groups is 1. The van der Waals surface area contributed by atoms with Crippen LogP contribution in [-0.4, -0.2) is 31.5 Å². The van der Waals surface area contributed by atoms with Gasteiger partial charge in [0.1, 0.15) is 13.2 Å². The Labute approximate surface area is 107 Å². The van der Waals surface area contributed by atoms with Gasteiger partial charge in [-0.2, -0.15) is 0 Å². The zero-order chi connectivity index (χ0) is 12.8. The third-order valence-electron chi connectivity index (χ3n) is 2.86. The van der Waals surface area contributed by atoms with Crippen molar-refractivity contribution in [1.29, 1.82) is 0 Å². The summed E-state index contributed by atoms with van der Waals surface area (Å²) in [5.41, 5.74) is 7.49. The number of benzene rings is 1. The molecular weight excluding hydrogens is 232 g/mol. The number of anilines is 2. The maximum atomic E-state index is 8.69. The van der Waals surface area contributed by atoms with Crippen LogP contribution in [0.1, 0.15) is 19.3 Å². The zero-order valence-corrected chi connectivity index (χ0v) is 10.4. The SMILES string of the molecule is Nc1cc2c(cc1NCCCCCO)OCCO2. The Morgan fingerprint density at radius 2 is 1.83 bits per heavy atom. The number of rotatable bonds is 6. The summed E-state index contributed by atoms with van der Waals surface area (Å²) in [6.07, 6.45) is 2.86. The maximum Gasteiger partial charge on any atom is 0.163 e. The van der Waals surface area contributed by atoms with Gasteiger partial charge < -0.3 is 25.6 Å². The molecule has 100 valence electrons. The van der Waals surface area contributed by atoms with Gasteiger partial charge in [0, 0.05) is 25.3 Å². The monoisotopic (exact) mass is 252 g/mol. The first kappa shape index (κ1) is 12.8. The van der Waals surface area contributed by atoms with E-state index in [9.17, 15) is 0 Å². The summed E-state index contributed by atoms with van der Waals surface area (Å²) in [4.78, 5) is 0. The van der Waals surface area contributed by atoms with E-state index in [-0.39, 0.29) is 6.61 Å². The van der Waals surface area contributed by atoms with Crippen LogP contribution >= 0.6 is 0 Å². The third kappa shape index (κ3) is 3.20. The number of fused-ring (bicyclic) bond motifs is 1. The minimum absolute atomic E-state index is 0.256. The van der Waals surface area contributed by atoms with E-state index in [1.165, 1.54) is 0 Å². The predicted octanol–water partition coefficient (Wildman–Crippen LogP) is 1.61. The molecule has 0 atom stereocenters. The number of ether oxygens (including phenoxy) is 2. The van der Waals surface area contributed by atoms with E-state index in [2.05, 4.69) is 5.32 Å². The van der Waals surface area contributed by atoms with Crippen LogP contribution in [-0.2, 0) is 0 Å². The minimum atomic E-state index is 0.256. The number of aliphatic hydroxyl groups excluding tert-OH is 1. The lowest BCUT2D eigenvalue weighted by atomic mass is 10.2. The number of hydrogen-bond donors (Lipinski definition) is 3. The van der Waals surface area contributed by atoms with Crippen molar-refractivity contribution in [3.63, 3.8) is 0 Å². The Kier molecular flexibility index (Phi) is 4.52. The molecule has 0 aromatic heterocycles. The van der Waals surface area contributed by atoms with Crippen LogP contribution in [0, 0.1) is 0 Å². The average Bonchev–Trinajstić information content (AvgIpc) is 2.39. The first-order valence-corrected chi connectivity index (χ1v) is 6.35. The molecule has 5 heteroatoms. The molecular formula is C13H20N2O3. The van der Waals surface area contributed by atoms with Gasteiger partial charge in [-0.1, -0.05) is 0 Å². The van der Waals surface area contributed by atoms with Gasteiger partial charge in [-0.05, 0) is 19.3 Å². The number of nitrogens with one attached hydrogen (secondary N) is 1. The fourth-order valence-electron chi connectivity index (χ4n) is 1.89. The predicted molar refractivity (Wildman–Crippen MR) is 71.3 cm³/mol. The van der Waals surface area contributed by atoms with Crippen molar-refractivity contribution in [3.05, 3.63) is 12.1 Å². The molecule has 1 aliphatic heterocycles. The van der Waals surface area contributed by atoms with Gasteiger partial charge in [0.15, 0.2) is 11.5 Å². The minimum Gasteiger partial charge on any atom is -0.486 e. The highest BCUT2D eigenvalue weighted by atomic mass is 16.6. The van der Waals surface area contributed by atoms with Gasteiger partial charge in [-0.15, -0.1) is 0 Å². The summed E-state index contributed by atoms with van der Waals surface area (Å²) in [7, 11) is 0. The van der Waals surface area contributed by atoms with Crippen molar-refractivity contribution in [3.8, 4) is 11.5 Å². The summed E-state index contributed by atoms with van der Waals surface area (Å²) in [5.74, 6) is 1.46. The van der Waals surface area contributed by atoms with E-state index in [0.29, 0.717) is 24.7 Å². The maximum absolute atomic E-state index is 8.69. The lowest BCUT2D eigenvalue weighted by molar-refractivity contribution is 0.172. The molecule has 0 saturated heterocycles. The van der Waals surface area contributed by atoms with Crippen molar-refractivity contribution >= 4 is 11.4 Å². The van der Waals surface area contributed by atoms with E-state index < -0.39 is 0 Å². The first-order valence-electron chi connectivity index (χ1n) is 6.35. The van der Waals surface area contributed by atoms with Crippen molar-refractivity contribution in [2.75, 3.05) is 37.4 Å². The lowest BCUT2D eigenvalue weighted by Gasteiger charge is -2.20. The van der Waals surface area contributed by atoms with Gasteiger partial charge >= 0.3 is 0 Å². The second-order valence-corrected chi connectivity index (χ2v) is 4.29. The molecule has 0 bridgehead atoms. The first-order chi connectivity index (χ1) is 8.81. The third-order valence-corrected chi connectivity index (χ3v) is 2.86. The summed E-state index contributed by atoms with van der Waals surface area (Å²) >= 11 is 0. The Morgan fingerprint density at radius 1 is 1.11 bits per heavy atom. The van der Waals surface area contributed by atoms with E-state index in [0.717, 1.165) is 37.2 Å². The van der Waals surface area contributed by atoms with Gasteiger partial charge in [0.25, 0.3) is 0 Å². The van der Waals surface area contributed by atoms with Crippen molar-refractivity contribution < 1.29 is 14.6 Å². The Bertz CT molecular complexity index is 396. The largest absolute Gasteiger partial charge is 0.486 e. The molecule has 0 unspecified atom stereocenters. The number of hydrogen-bond acceptors (Lipinski definition) is 5. The number of nitrogen functional groups attached to an aromatic ring is 1. The van der Waals surface area contributed by atoms with Crippen LogP contribution in [0.4, 0.5) is 11.4 Å². The second-order valence-electron chi connectivity index (χ2n) is 4.29. The second kappa shape index (κ2) is 6.35. The molecule has 0 amide bonds. The van der Waals surface area contributed by atoms with Crippen molar-refractivity contribution in [1.82, 2.24) is 0 Å². The molecule has 18 heavy (non-hydrogen) atoms. The fraction of sp³-hybridized carbons (Fsp3) is 0.538. The topological polar surface area (TPSA) is 76.7 Å². The molecule has 2 rings (SSSR count). The quantitative estimate of drug-likeness (QED) is 0.529. The molecule has 0 fully saturated rings. The van der Waals surface area contributed by atoms with E-state index in [4.69, 9.17) is 20.3 Å². The summed E-state index contributed by atoms with van der Waals surface area (Å²) < 4.78 is 11.0. The average molecular weight is 252 g/mol. The van der Waals surface area contributed by atoms with E-state index >= 15 is 0 Å². The molecule has 1 aliphatic rings. The Hall–Kier alpha value is -1.62. The number of nitrogens with two attached hydrogens (primary N) is 1. The molecule has 4 N–H and O–H groups in total. The highest BCUT2D eigenvalue weighted by Gasteiger charge is 2.14. The summed E-state index contributed by atoms with van der Waals surface area (Å²) in [6.45, 7) is 2.24. The van der Waals surface area contributed by atoms with Crippen molar-refractivity contribution in [2.45, 2.75) is 19.3 Å². The smallest absolute Gasteiger partial charge is 0.163 e. The van der Waals surface area contributed by atoms with Crippen LogP contribution in [0.2, 0.25) is 0 Å². The normalized spacial score (nSPS) is 13.4. The van der Waals surface area contributed by atoms with Gasteiger partial charge in [0.05, 0.1) is 11.4 Å². The highest BCUT2D eigenvalue weighted by molar-refractivity contribution is 5.72. The Morgan fingerprint density at radius 3 is 2.56 bits per heavy atom. The molecule has 5 nitrogen and oxygen atoms in total. The van der Waals surface area contributed by atoms with Crippen LogP contribution in [0.15, 0.2) is 12.1 Å². The molecule has 0 aliphatic carbocycles. The fourth-order valence-corrected chi connectivity index (χ4v) is 1.89. The molecule has 1 heterocycles. The lowest BCUT2D eigenvalue weighted by Crippen LogP contribution is -2.16. The summed E-state index contributed by atoms with van der Waals surface area (Å²) in [5, 5.41) is 12.0. The van der Waals surface area contributed by atoms with E-state index in [1.54, 1.807) is 6.07 Å². The van der Waals surface area contributed by atoms with E-state index in [1.807, 2.05) is 6.07 Å². The van der Waals surface area contributed by atoms with Crippen LogP contribution in [0.3, 0.4) is 0 Å². The van der Waals surface area contributed by atoms with Gasteiger partial charge in [0.2, 0.25) is 0 Å². The standard InChI is InChI=1S/C13H20N2O3/c14-10-8-12-13(18-7-6-17-12)9-11(10)15-4-2-1-3-5-16/h8-9,15-16H,1-7,14H2. The molecule has 0 radical (unpaired) electrons. The molecule has 0 saturated carbocycles. The van der Waals surface area contributed by atoms with Crippen LogP contribution < -0.4 is 20.5 Å². The molecule has 0 spiro atoms. The Balaban J connectivity index is 1.91. The van der Waals surface area contributed by atoms with Crippen molar-refractivity contribution in [2.24, 2.45) is 0 Å². The molecule has 1 aromatic carbocycles. The van der Waals surface area contributed by atoms with Crippen LogP contribution in [0.5, 0.6) is 11.5 Å².